The number of hydrogen-bond donors (Lipinski definition) is 1. The molecular weight excluding hydrogens is 286 g/mol. The van der Waals surface area contributed by atoms with Crippen LogP contribution in [0.15, 0.2) is 23.1 Å². The van der Waals surface area contributed by atoms with E-state index < -0.39 is 26.6 Å². The van der Waals surface area contributed by atoms with Crippen molar-refractivity contribution in [1.29, 1.82) is 0 Å². The van der Waals surface area contributed by atoms with Gasteiger partial charge in [0.05, 0.1) is 0 Å². The second-order valence-electron chi connectivity index (χ2n) is 5.34. The van der Waals surface area contributed by atoms with Gasteiger partial charge in [-0.25, -0.2) is 17.2 Å². The minimum Gasteiger partial charge on any atom is -0.314 e. The highest BCUT2D eigenvalue weighted by Gasteiger charge is 2.38. The van der Waals surface area contributed by atoms with Gasteiger partial charge in [-0.3, -0.25) is 0 Å². The number of sulfonamides is 1. The Morgan fingerprint density at radius 2 is 2.05 bits per heavy atom. The molecule has 2 fully saturated rings. The van der Waals surface area contributed by atoms with E-state index in [1.165, 1.54) is 4.31 Å². The number of nitrogens with zero attached hydrogens (tertiary/aromatic N) is 1. The minimum atomic E-state index is -3.96. The lowest BCUT2D eigenvalue weighted by Gasteiger charge is -2.34. The van der Waals surface area contributed by atoms with Gasteiger partial charge in [-0.2, -0.15) is 4.31 Å². The standard InChI is InChI=1S/C13H16F2N2O2S/c14-10-1-2-11(15)13(7-10)20(18,19)17-6-4-12-9(8-17)3-5-16-12/h1-2,7,9,12,16H,3-6,8H2. The van der Waals surface area contributed by atoms with Crippen LogP contribution in [0.1, 0.15) is 12.8 Å². The molecular formula is C13H16F2N2O2S. The number of hydrogen-bond acceptors (Lipinski definition) is 3. The van der Waals surface area contributed by atoms with Crippen molar-refractivity contribution >= 4 is 10.0 Å². The summed E-state index contributed by atoms with van der Waals surface area (Å²) in [5, 5.41) is 3.34. The summed E-state index contributed by atoms with van der Waals surface area (Å²) in [6.45, 7) is 1.60. The van der Waals surface area contributed by atoms with Gasteiger partial charge in [0.25, 0.3) is 0 Å². The fourth-order valence-electron chi connectivity index (χ4n) is 3.05. The maximum Gasteiger partial charge on any atom is 0.246 e. The van der Waals surface area contributed by atoms with Crippen molar-refractivity contribution < 1.29 is 17.2 Å². The van der Waals surface area contributed by atoms with E-state index in [9.17, 15) is 17.2 Å². The maximum atomic E-state index is 13.7. The van der Waals surface area contributed by atoms with E-state index in [2.05, 4.69) is 5.32 Å². The lowest BCUT2D eigenvalue weighted by atomic mass is 9.95. The van der Waals surface area contributed by atoms with Crippen LogP contribution in [0.4, 0.5) is 8.78 Å². The van der Waals surface area contributed by atoms with Crippen LogP contribution in [0.2, 0.25) is 0 Å². The van der Waals surface area contributed by atoms with Crippen molar-refractivity contribution in [3.05, 3.63) is 29.8 Å². The van der Waals surface area contributed by atoms with Crippen LogP contribution in [-0.2, 0) is 10.0 Å². The molecule has 4 nitrogen and oxygen atoms in total. The summed E-state index contributed by atoms with van der Waals surface area (Å²) < 4.78 is 53.1. The number of piperidine rings is 1. The first-order valence-electron chi connectivity index (χ1n) is 6.67. The molecule has 0 bridgehead atoms. The molecule has 20 heavy (non-hydrogen) atoms. The van der Waals surface area contributed by atoms with E-state index >= 15 is 0 Å². The van der Waals surface area contributed by atoms with Gasteiger partial charge < -0.3 is 5.32 Å². The molecule has 2 aliphatic heterocycles. The van der Waals surface area contributed by atoms with Gasteiger partial charge in [0.2, 0.25) is 10.0 Å². The quantitative estimate of drug-likeness (QED) is 0.897. The normalized spacial score (nSPS) is 27.5. The number of rotatable bonds is 2. The third-order valence-electron chi connectivity index (χ3n) is 4.13. The minimum absolute atomic E-state index is 0.259. The lowest BCUT2D eigenvalue weighted by Crippen LogP contribution is -2.46. The van der Waals surface area contributed by atoms with Gasteiger partial charge in [0.1, 0.15) is 16.5 Å². The van der Waals surface area contributed by atoms with Gasteiger partial charge in [-0.15, -0.1) is 0 Å². The first-order valence-corrected chi connectivity index (χ1v) is 8.11. The zero-order valence-corrected chi connectivity index (χ0v) is 11.7. The molecule has 2 heterocycles. The molecule has 2 unspecified atom stereocenters. The molecule has 0 aromatic heterocycles. The van der Waals surface area contributed by atoms with E-state index in [4.69, 9.17) is 0 Å². The van der Waals surface area contributed by atoms with Crippen molar-refractivity contribution in [3.8, 4) is 0 Å². The lowest BCUT2D eigenvalue weighted by molar-refractivity contribution is 0.246. The van der Waals surface area contributed by atoms with Crippen molar-refractivity contribution in [1.82, 2.24) is 9.62 Å². The van der Waals surface area contributed by atoms with Gasteiger partial charge in [0, 0.05) is 19.1 Å². The van der Waals surface area contributed by atoms with Crippen LogP contribution in [0.5, 0.6) is 0 Å². The smallest absolute Gasteiger partial charge is 0.246 e. The monoisotopic (exact) mass is 302 g/mol. The number of fused-ring (bicyclic) bond motifs is 1. The van der Waals surface area contributed by atoms with Crippen LogP contribution < -0.4 is 5.32 Å². The Balaban J connectivity index is 1.90. The predicted molar refractivity (Wildman–Crippen MR) is 69.6 cm³/mol. The molecule has 1 N–H and O–H groups in total. The summed E-state index contributed by atoms with van der Waals surface area (Å²) in [5.74, 6) is -1.39. The van der Waals surface area contributed by atoms with E-state index in [-0.39, 0.29) is 5.92 Å². The Hall–Kier alpha value is -1.05. The van der Waals surface area contributed by atoms with E-state index in [0.29, 0.717) is 25.6 Å². The van der Waals surface area contributed by atoms with Gasteiger partial charge in [-0.05, 0) is 43.5 Å². The number of benzene rings is 1. The van der Waals surface area contributed by atoms with Crippen LogP contribution >= 0.6 is 0 Å². The van der Waals surface area contributed by atoms with Gasteiger partial charge in [-0.1, -0.05) is 0 Å². The molecule has 7 heteroatoms. The van der Waals surface area contributed by atoms with E-state index in [0.717, 1.165) is 31.2 Å². The number of halogens is 2. The Bertz CT molecular complexity index is 621. The summed E-state index contributed by atoms with van der Waals surface area (Å²) in [6, 6.07) is 2.87. The Labute approximate surface area is 116 Å². The average Bonchev–Trinajstić information content (AvgIpc) is 2.88. The SMILES string of the molecule is O=S(=O)(c1cc(F)ccc1F)N1CCC2NCCC2C1. The number of nitrogens with one attached hydrogen (secondary N) is 1. The molecule has 2 aliphatic rings. The largest absolute Gasteiger partial charge is 0.314 e. The Kier molecular flexibility index (Phi) is 3.51. The summed E-state index contributed by atoms with van der Waals surface area (Å²) in [6.07, 6.45) is 1.63. The van der Waals surface area contributed by atoms with Crippen LogP contribution in [0, 0.1) is 17.6 Å². The van der Waals surface area contributed by atoms with Crippen LogP contribution in [-0.4, -0.2) is 38.4 Å². The highest BCUT2D eigenvalue weighted by molar-refractivity contribution is 7.89. The van der Waals surface area contributed by atoms with Crippen molar-refractivity contribution in [3.63, 3.8) is 0 Å². The second-order valence-corrected chi connectivity index (χ2v) is 7.24. The Morgan fingerprint density at radius 1 is 1.25 bits per heavy atom. The molecule has 0 amide bonds. The summed E-state index contributed by atoms with van der Waals surface area (Å²) in [4.78, 5) is -0.568. The summed E-state index contributed by atoms with van der Waals surface area (Å²) in [7, 11) is -3.96. The Morgan fingerprint density at radius 3 is 2.85 bits per heavy atom. The van der Waals surface area contributed by atoms with Crippen LogP contribution in [0.3, 0.4) is 0 Å². The zero-order valence-electron chi connectivity index (χ0n) is 10.9. The van der Waals surface area contributed by atoms with Crippen LogP contribution in [0.25, 0.3) is 0 Å². The predicted octanol–water partition coefficient (Wildman–Crippen LogP) is 1.34. The fraction of sp³-hybridized carbons (Fsp3) is 0.538. The second kappa shape index (κ2) is 5.05. The fourth-order valence-corrected chi connectivity index (χ4v) is 4.63. The topological polar surface area (TPSA) is 49.4 Å². The van der Waals surface area contributed by atoms with Gasteiger partial charge >= 0.3 is 0 Å². The molecule has 3 rings (SSSR count). The zero-order chi connectivity index (χ0) is 14.3. The third kappa shape index (κ3) is 2.34. The van der Waals surface area contributed by atoms with Gasteiger partial charge in [0.15, 0.2) is 0 Å². The molecule has 0 aliphatic carbocycles. The molecule has 110 valence electrons. The highest BCUT2D eigenvalue weighted by atomic mass is 32.2. The molecule has 2 atom stereocenters. The molecule has 1 aromatic rings. The molecule has 0 saturated carbocycles. The van der Waals surface area contributed by atoms with Crippen molar-refractivity contribution in [2.24, 2.45) is 5.92 Å². The summed E-state index contributed by atoms with van der Waals surface area (Å²) >= 11 is 0. The third-order valence-corrected chi connectivity index (χ3v) is 6.01. The molecule has 0 radical (unpaired) electrons. The molecule has 0 spiro atoms. The first kappa shape index (κ1) is 13.9. The molecule has 2 saturated heterocycles. The summed E-state index contributed by atoms with van der Waals surface area (Å²) in [5.41, 5.74) is 0. The van der Waals surface area contributed by atoms with Crippen molar-refractivity contribution in [2.45, 2.75) is 23.8 Å². The average molecular weight is 302 g/mol. The first-order chi connectivity index (χ1) is 9.48. The maximum absolute atomic E-state index is 13.7. The highest BCUT2D eigenvalue weighted by Crippen LogP contribution is 2.29. The van der Waals surface area contributed by atoms with E-state index in [1.807, 2.05) is 0 Å². The van der Waals surface area contributed by atoms with E-state index in [1.54, 1.807) is 0 Å². The molecule has 1 aromatic carbocycles. The van der Waals surface area contributed by atoms with Crippen molar-refractivity contribution in [2.75, 3.05) is 19.6 Å².